The molecule has 1 aliphatic heterocycles. The van der Waals surface area contributed by atoms with E-state index in [4.69, 9.17) is 4.42 Å². The topological polar surface area (TPSA) is 96.7 Å². The van der Waals surface area contributed by atoms with E-state index in [0.717, 1.165) is 30.4 Å². The van der Waals surface area contributed by atoms with E-state index in [2.05, 4.69) is 25.5 Å². The van der Waals surface area contributed by atoms with Gasteiger partial charge in [0.25, 0.3) is 0 Å². The molecule has 1 fully saturated rings. The van der Waals surface area contributed by atoms with Gasteiger partial charge in [0.1, 0.15) is 0 Å². The number of hydrogen-bond donors (Lipinski definition) is 2. The van der Waals surface area contributed by atoms with Gasteiger partial charge in [-0.2, -0.15) is 0 Å². The second-order valence-electron chi connectivity index (χ2n) is 5.71. The molecule has 0 amide bonds. The second-order valence-corrected chi connectivity index (χ2v) is 5.71. The molecule has 1 aromatic carbocycles. The first-order valence-electron chi connectivity index (χ1n) is 7.83. The van der Waals surface area contributed by atoms with E-state index in [1.54, 1.807) is 0 Å². The molecule has 118 valence electrons. The number of H-pyrrole nitrogens is 1. The molecule has 23 heavy (non-hydrogen) atoms. The van der Waals surface area contributed by atoms with E-state index in [9.17, 15) is 4.79 Å². The van der Waals surface area contributed by atoms with E-state index in [1.807, 2.05) is 24.3 Å². The minimum Gasteiger partial charge on any atom is -0.424 e. The van der Waals surface area contributed by atoms with Crippen molar-refractivity contribution >= 4 is 16.8 Å². The van der Waals surface area contributed by atoms with Gasteiger partial charge in [-0.15, -0.1) is 10.2 Å². The number of hydrogen-bond acceptors (Lipinski definition) is 6. The molecule has 1 saturated heterocycles. The van der Waals surface area contributed by atoms with Gasteiger partial charge in [0.05, 0.1) is 17.1 Å². The molecule has 4 rings (SSSR count). The third-order valence-electron chi connectivity index (χ3n) is 4.06. The minimum atomic E-state index is -0.0556. The van der Waals surface area contributed by atoms with Crippen LogP contribution in [0, 0.1) is 0 Å². The Hall–Kier alpha value is -2.54. The van der Waals surface area contributed by atoms with Gasteiger partial charge in [-0.1, -0.05) is 12.1 Å². The summed E-state index contributed by atoms with van der Waals surface area (Å²) in [6.07, 6.45) is 2.85. The second kappa shape index (κ2) is 5.92. The summed E-state index contributed by atoms with van der Waals surface area (Å²) in [7, 11) is 0. The maximum atomic E-state index is 12.3. The Morgan fingerprint density at radius 3 is 3.04 bits per heavy atom. The highest BCUT2D eigenvalue weighted by Crippen LogP contribution is 2.22. The van der Waals surface area contributed by atoms with Crippen molar-refractivity contribution in [2.75, 3.05) is 6.54 Å². The SMILES string of the molecule is O=C(CCc1nnc(C2CCCN2)o1)c1nc2ccccc2[nH]1. The quantitative estimate of drug-likeness (QED) is 0.701. The van der Waals surface area contributed by atoms with Gasteiger partial charge >= 0.3 is 0 Å². The number of aryl methyl sites for hydroxylation is 1. The summed E-state index contributed by atoms with van der Waals surface area (Å²) in [4.78, 5) is 19.6. The zero-order valence-corrected chi connectivity index (χ0v) is 12.6. The van der Waals surface area contributed by atoms with Gasteiger partial charge < -0.3 is 14.7 Å². The highest BCUT2D eigenvalue weighted by molar-refractivity contribution is 5.95. The standard InChI is InChI=1S/C16H17N5O2/c22-13(15-18-10-4-1-2-5-11(10)19-15)7-8-14-20-21-16(23-14)12-6-3-9-17-12/h1-2,4-5,12,17H,3,6-9H2,(H,18,19). The van der Waals surface area contributed by atoms with Crippen LogP contribution in [0.3, 0.4) is 0 Å². The number of aromatic amines is 1. The van der Waals surface area contributed by atoms with Crippen molar-refractivity contribution in [3.05, 3.63) is 41.9 Å². The first kappa shape index (κ1) is 14.1. The normalized spacial score (nSPS) is 17.8. The van der Waals surface area contributed by atoms with E-state index >= 15 is 0 Å². The fourth-order valence-electron chi connectivity index (χ4n) is 2.83. The number of benzene rings is 1. The Morgan fingerprint density at radius 2 is 2.22 bits per heavy atom. The van der Waals surface area contributed by atoms with Crippen LogP contribution < -0.4 is 5.32 Å². The highest BCUT2D eigenvalue weighted by atomic mass is 16.4. The molecule has 3 aromatic rings. The van der Waals surface area contributed by atoms with Crippen molar-refractivity contribution in [1.29, 1.82) is 0 Å². The van der Waals surface area contributed by atoms with Crippen LogP contribution in [0.25, 0.3) is 11.0 Å². The van der Waals surface area contributed by atoms with Crippen molar-refractivity contribution in [3.63, 3.8) is 0 Å². The lowest BCUT2D eigenvalue weighted by molar-refractivity contribution is 0.0971. The summed E-state index contributed by atoms with van der Waals surface area (Å²) in [5, 5.41) is 11.4. The molecule has 1 aliphatic rings. The predicted molar refractivity (Wildman–Crippen MR) is 83.0 cm³/mol. The van der Waals surface area contributed by atoms with E-state index in [0.29, 0.717) is 30.4 Å². The lowest BCUT2D eigenvalue weighted by Crippen LogP contribution is -2.12. The number of imidazole rings is 1. The van der Waals surface area contributed by atoms with Gasteiger partial charge in [0.15, 0.2) is 11.6 Å². The van der Waals surface area contributed by atoms with Crippen LogP contribution in [0.1, 0.15) is 47.7 Å². The largest absolute Gasteiger partial charge is 0.424 e. The van der Waals surface area contributed by atoms with Crippen molar-refractivity contribution < 1.29 is 9.21 Å². The summed E-state index contributed by atoms with van der Waals surface area (Å²) in [5.41, 5.74) is 1.66. The van der Waals surface area contributed by atoms with Gasteiger partial charge in [-0.25, -0.2) is 4.98 Å². The van der Waals surface area contributed by atoms with Crippen molar-refractivity contribution in [2.45, 2.75) is 31.7 Å². The Kier molecular flexibility index (Phi) is 3.63. The number of ketones is 1. The number of nitrogens with zero attached hydrogens (tertiary/aromatic N) is 3. The smallest absolute Gasteiger partial charge is 0.233 e. The highest BCUT2D eigenvalue weighted by Gasteiger charge is 2.22. The third kappa shape index (κ3) is 2.87. The molecular formula is C16H17N5O2. The summed E-state index contributed by atoms with van der Waals surface area (Å²) in [5.74, 6) is 1.44. The monoisotopic (exact) mass is 311 g/mol. The molecule has 7 nitrogen and oxygen atoms in total. The van der Waals surface area contributed by atoms with Crippen LogP contribution in [0.5, 0.6) is 0 Å². The van der Waals surface area contributed by atoms with Crippen LogP contribution >= 0.6 is 0 Å². The first-order chi connectivity index (χ1) is 11.3. The fourth-order valence-corrected chi connectivity index (χ4v) is 2.83. The number of rotatable bonds is 5. The van der Waals surface area contributed by atoms with E-state index in [-0.39, 0.29) is 11.8 Å². The Labute approximate surface area is 132 Å². The van der Waals surface area contributed by atoms with Gasteiger partial charge in [-0.3, -0.25) is 4.79 Å². The molecule has 0 saturated carbocycles. The van der Waals surface area contributed by atoms with Crippen molar-refractivity contribution in [2.24, 2.45) is 0 Å². The first-order valence-corrected chi connectivity index (χ1v) is 7.83. The summed E-state index contributed by atoms with van der Waals surface area (Å²) in [6.45, 7) is 0.979. The Bertz CT molecular complexity index is 799. The molecule has 0 radical (unpaired) electrons. The maximum Gasteiger partial charge on any atom is 0.233 e. The summed E-state index contributed by atoms with van der Waals surface area (Å²) >= 11 is 0. The van der Waals surface area contributed by atoms with Gasteiger partial charge in [-0.05, 0) is 31.5 Å². The number of para-hydroxylation sites is 2. The van der Waals surface area contributed by atoms with Crippen LogP contribution in [-0.2, 0) is 6.42 Å². The zero-order chi connectivity index (χ0) is 15.6. The molecule has 7 heteroatoms. The minimum absolute atomic E-state index is 0.0556. The third-order valence-corrected chi connectivity index (χ3v) is 4.06. The molecule has 2 N–H and O–H groups in total. The number of aromatic nitrogens is 4. The predicted octanol–water partition coefficient (Wildman–Crippen LogP) is 2.19. The molecule has 0 spiro atoms. The number of carbonyl (C=O) groups excluding carboxylic acids is 1. The van der Waals surface area contributed by atoms with Crippen LogP contribution in [0.15, 0.2) is 28.7 Å². The molecular weight excluding hydrogens is 294 g/mol. The Morgan fingerprint density at radius 1 is 1.30 bits per heavy atom. The molecule has 1 atom stereocenters. The van der Waals surface area contributed by atoms with Crippen molar-refractivity contribution in [1.82, 2.24) is 25.5 Å². The molecule has 0 bridgehead atoms. The van der Waals surface area contributed by atoms with E-state index in [1.165, 1.54) is 0 Å². The van der Waals surface area contributed by atoms with Gasteiger partial charge in [0, 0.05) is 12.8 Å². The summed E-state index contributed by atoms with van der Waals surface area (Å²) < 4.78 is 5.65. The van der Waals surface area contributed by atoms with E-state index < -0.39 is 0 Å². The summed E-state index contributed by atoms with van der Waals surface area (Å²) in [6, 6.07) is 7.74. The number of carbonyl (C=O) groups is 1. The number of nitrogens with one attached hydrogen (secondary N) is 2. The lowest BCUT2D eigenvalue weighted by atomic mass is 10.2. The molecule has 0 aliphatic carbocycles. The van der Waals surface area contributed by atoms with Gasteiger partial charge in [0.2, 0.25) is 11.8 Å². The molecule has 1 unspecified atom stereocenters. The molecule has 2 aromatic heterocycles. The Balaban J connectivity index is 1.41. The van der Waals surface area contributed by atoms with Crippen LogP contribution in [0.4, 0.5) is 0 Å². The van der Waals surface area contributed by atoms with Crippen LogP contribution in [0.2, 0.25) is 0 Å². The average molecular weight is 311 g/mol. The van der Waals surface area contributed by atoms with Crippen molar-refractivity contribution in [3.8, 4) is 0 Å². The number of fused-ring (bicyclic) bond motifs is 1. The molecule has 3 heterocycles. The lowest BCUT2D eigenvalue weighted by Gasteiger charge is -2.02. The fraction of sp³-hybridized carbons (Fsp3) is 0.375. The zero-order valence-electron chi connectivity index (χ0n) is 12.6. The average Bonchev–Trinajstić information content (AvgIpc) is 3.31. The maximum absolute atomic E-state index is 12.3. The number of Topliss-reactive ketones (excluding diaryl/α,β-unsaturated/α-hetero) is 1. The van der Waals surface area contributed by atoms with Crippen LogP contribution in [-0.4, -0.2) is 32.5 Å².